The Balaban J connectivity index is 2.17. The Morgan fingerprint density at radius 3 is 2.89 bits per heavy atom. The number of aromatic amines is 1. The van der Waals surface area contributed by atoms with Gasteiger partial charge in [-0.25, -0.2) is 14.8 Å². The lowest BCUT2D eigenvalue weighted by atomic mass is 10.3. The van der Waals surface area contributed by atoms with E-state index >= 15 is 0 Å². The molecule has 0 atom stereocenters. The van der Waals surface area contributed by atoms with Gasteiger partial charge in [-0.3, -0.25) is 4.79 Å². The average Bonchev–Trinajstić information content (AvgIpc) is 3.04. The van der Waals surface area contributed by atoms with E-state index in [-0.39, 0.29) is 11.5 Å². The van der Waals surface area contributed by atoms with Crippen LogP contribution < -0.4 is 5.32 Å². The monoisotopic (exact) mass is 280 g/mol. The number of rotatable bonds is 5. The van der Waals surface area contributed by atoms with Crippen LogP contribution >= 0.6 is 11.3 Å². The number of nitrogens with zero attached hydrogens (tertiary/aromatic N) is 2. The van der Waals surface area contributed by atoms with E-state index in [9.17, 15) is 9.59 Å². The highest BCUT2D eigenvalue weighted by molar-refractivity contribution is 7.17. The molecule has 0 saturated carbocycles. The van der Waals surface area contributed by atoms with Crippen molar-refractivity contribution in [1.82, 2.24) is 15.0 Å². The maximum Gasteiger partial charge on any atom is 0.358 e. The van der Waals surface area contributed by atoms with Crippen molar-refractivity contribution in [3.63, 3.8) is 0 Å². The molecule has 0 fully saturated rings. The lowest BCUT2D eigenvalue weighted by Crippen LogP contribution is -2.07. The van der Waals surface area contributed by atoms with Crippen molar-refractivity contribution in [2.24, 2.45) is 0 Å². The number of ether oxygens (including phenoxy) is 1. The number of esters is 1. The maximum absolute atomic E-state index is 11.5. The van der Waals surface area contributed by atoms with Crippen LogP contribution in [0.2, 0.25) is 0 Å². The molecule has 19 heavy (non-hydrogen) atoms. The van der Waals surface area contributed by atoms with Gasteiger partial charge in [0.1, 0.15) is 4.88 Å². The molecule has 0 aromatic carbocycles. The van der Waals surface area contributed by atoms with Crippen LogP contribution in [0, 0.1) is 0 Å². The Hall–Kier alpha value is -2.22. The molecule has 0 bridgehead atoms. The maximum atomic E-state index is 11.5. The largest absolute Gasteiger partial charge is 0.464 e. The number of methoxy groups -OCH3 is 1. The highest BCUT2D eigenvalue weighted by Gasteiger charge is 2.21. The van der Waals surface area contributed by atoms with Crippen LogP contribution in [0.1, 0.15) is 32.8 Å². The second-order valence-corrected chi connectivity index (χ2v) is 4.67. The first kappa shape index (κ1) is 13.2. The molecule has 0 aliphatic carbocycles. The molecule has 2 heterocycles. The number of imidazole rings is 1. The summed E-state index contributed by atoms with van der Waals surface area (Å²) in [6, 6.07) is 0. The Labute approximate surface area is 113 Å². The van der Waals surface area contributed by atoms with E-state index in [4.69, 9.17) is 0 Å². The van der Waals surface area contributed by atoms with E-state index in [0.29, 0.717) is 16.6 Å². The van der Waals surface area contributed by atoms with E-state index < -0.39 is 5.97 Å². The lowest BCUT2D eigenvalue weighted by molar-refractivity contribution is 0.0591. The number of carbonyl (C=O) groups excluding carboxylic acids is 2. The molecule has 2 rings (SSSR count). The minimum absolute atomic E-state index is 0.0483. The number of hydrogen-bond acceptors (Lipinski definition) is 7. The highest BCUT2D eigenvalue weighted by atomic mass is 32.1. The van der Waals surface area contributed by atoms with Crippen LogP contribution in [0.5, 0.6) is 0 Å². The van der Waals surface area contributed by atoms with Crippen molar-refractivity contribution < 1.29 is 14.3 Å². The van der Waals surface area contributed by atoms with E-state index in [1.807, 2.05) is 0 Å². The van der Waals surface area contributed by atoms with Crippen molar-refractivity contribution in [1.29, 1.82) is 0 Å². The van der Waals surface area contributed by atoms with Crippen LogP contribution in [0.4, 0.5) is 5.13 Å². The first-order valence-corrected chi connectivity index (χ1v) is 6.24. The fourth-order valence-corrected chi connectivity index (χ4v) is 2.27. The predicted molar refractivity (Wildman–Crippen MR) is 69.4 cm³/mol. The zero-order chi connectivity index (χ0) is 13.8. The number of carbonyl (C=O) groups is 2. The molecule has 0 saturated heterocycles. The quantitative estimate of drug-likeness (QED) is 0.636. The van der Waals surface area contributed by atoms with Crippen LogP contribution in [0.25, 0.3) is 0 Å². The minimum atomic E-state index is -0.615. The van der Waals surface area contributed by atoms with Crippen molar-refractivity contribution >= 4 is 28.2 Å². The summed E-state index contributed by atoms with van der Waals surface area (Å²) in [5, 5.41) is 3.50. The fraction of sp³-hybridized carbons (Fsp3) is 0.273. The summed E-state index contributed by atoms with van der Waals surface area (Å²) in [6.45, 7) is 1.87. The van der Waals surface area contributed by atoms with Gasteiger partial charge in [0.25, 0.3) is 0 Å². The van der Waals surface area contributed by atoms with E-state index in [0.717, 1.165) is 17.0 Å². The first-order chi connectivity index (χ1) is 9.11. The second-order valence-electron chi connectivity index (χ2n) is 3.67. The summed E-state index contributed by atoms with van der Waals surface area (Å²) in [5.74, 6) is -0.830. The lowest BCUT2D eigenvalue weighted by Gasteiger charge is -1.98. The van der Waals surface area contributed by atoms with E-state index in [1.54, 1.807) is 12.5 Å². The van der Waals surface area contributed by atoms with Gasteiger partial charge in [0.05, 0.1) is 25.7 Å². The molecule has 7 nitrogen and oxygen atoms in total. The molecular formula is C11H12N4O3S. The fourth-order valence-electron chi connectivity index (χ4n) is 1.42. The summed E-state index contributed by atoms with van der Waals surface area (Å²) < 4.78 is 4.60. The molecule has 2 aromatic heterocycles. The summed E-state index contributed by atoms with van der Waals surface area (Å²) >= 11 is 1.13. The molecule has 0 aliphatic heterocycles. The summed E-state index contributed by atoms with van der Waals surface area (Å²) in [5.41, 5.74) is 0.923. The van der Waals surface area contributed by atoms with Gasteiger partial charge in [-0.1, -0.05) is 11.3 Å². The van der Waals surface area contributed by atoms with Gasteiger partial charge in [0.15, 0.2) is 16.6 Å². The molecular weight excluding hydrogens is 268 g/mol. The molecule has 8 heteroatoms. The third kappa shape index (κ3) is 2.97. The molecule has 0 amide bonds. The van der Waals surface area contributed by atoms with Crippen LogP contribution in [0.15, 0.2) is 12.5 Å². The molecule has 100 valence electrons. The zero-order valence-electron chi connectivity index (χ0n) is 10.4. The van der Waals surface area contributed by atoms with Crippen molar-refractivity contribution in [2.45, 2.75) is 13.5 Å². The predicted octanol–water partition coefficient (Wildman–Crippen LogP) is 1.47. The van der Waals surface area contributed by atoms with E-state index in [2.05, 4.69) is 25.0 Å². The number of Topliss-reactive ketones (excluding diaryl/α,β-unsaturated/α-hetero) is 1. The van der Waals surface area contributed by atoms with Crippen molar-refractivity contribution in [3.05, 3.63) is 28.8 Å². The van der Waals surface area contributed by atoms with Crippen molar-refractivity contribution in [2.75, 3.05) is 12.4 Å². The van der Waals surface area contributed by atoms with Gasteiger partial charge in [-0.05, 0) is 0 Å². The van der Waals surface area contributed by atoms with Gasteiger partial charge in [-0.15, -0.1) is 0 Å². The molecule has 2 aromatic rings. The average molecular weight is 280 g/mol. The summed E-state index contributed by atoms with van der Waals surface area (Å²) in [7, 11) is 1.25. The third-order valence-corrected chi connectivity index (χ3v) is 3.42. The van der Waals surface area contributed by atoms with Crippen molar-refractivity contribution in [3.8, 4) is 0 Å². The van der Waals surface area contributed by atoms with Gasteiger partial charge in [0, 0.05) is 13.1 Å². The normalized spacial score (nSPS) is 10.2. The third-order valence-electron chi connectivity index (χ3n) is 2.31. The number of ketones is 1. The van der Waals surface area contributed by atoms with Crippen LogP contribution in [-0.4, -0.2) is 33.8 Å². The highest BCUT2D eigenvalue weighted by Crippen LogP contribution is 2.24. The Morgan fingerprint density at radius 2 is 2.32 bits per heavy atom. The number of anilines is 1. The number of thiazole rings is 1. The smallest absolute Gasteiger partial charge is 0.358 e. The zero-order valence-corrected chi connectivity index (χ0v) is 11.2. The number of aromatic nitrogens is 3. The minimum Gasteiger partial charge on any atom is -0.464 e. The Kier molecular flexibility index (Phi) is 3.91. The van der Waals surface area contributed by atoms with Gasteiger partial charge >= 0.3 is 5.97 Å². The van der Waals surface area contributed by atoms with E-state index in [1.165, 1.54) is 14.0 Å². The number of nitrogens with one attached hydrogen (secondary N) is 2. The molecule has 0 spiro atoms. The SMILES string of the molecule is COC(=O)c1nc(NCc2cnc[nH]2)sc1C(C)=O. The molecule has 0 aliphatic rings. The first-order valence-electron chi connectivity index (χ1n) is 5.43. The van der Waals surface area contributed by atoms with Gasteiger partial charge in [0.2, 0.25) is 0 Å². The van der Waals surface area contributed by atoms with Gasteiger partial charge < -0.3 is 15.0 Å². The summed E-state index contributed by atoms with van der Waals surface area (Å²) in [6.07, 6.45) is 3.24. The van der Waals surface area contributed by atoms with Gasteiger partial charge in [-0.2, -0.15) is 0 Å². The van der Waals surface area contributed by atoms with Crippen LogP contribution in [0.3, 0.4) is 0 Å². The molecule has 0 unspecified atom stereocenters. The van der Waals surface area contributed by atoms with Crippen LogP contribution in [-0.2, 0) is 11.3 Å². The molecule has 2 N–H and O–H groups in total. The Bertz CT molecular complexity index is 591. The second kappa shape index (κ2) is 5.61. The Morgan fingerprint density at radius 1 is 1.53 bits per heavy atom. The molecule has 0 radical (unpaired) electrons. The number of H-pyrrole nitrogens is 1. The summed E-state index contributed by atoms with van der Waals surface area (Å²) in [4.78, 5) is 34.1. The standard InChI is InChI=1S/C11H12N4O3S/c1-6(16)9-8(10(17)18-2)15-11(19-9)13-4-7-3-12-5-14-7/h3,5H,4H2,1-2H3,(H,12,14)(H,13,15). The number of hydrogen-bond donors (Lipinski definition) is 2. The topological polar surface area (TPSA) is 97.0 Å².